The zero-order valence-electron chi connectivity index (χ0n) is 12.8. The number of nitrogens with zero attached hydrogens (tertiary/aromatic N) is 1. The third-order valence-electron chi connectivity index (χ3n) is 4.12. The highest BCUT2D eigenvalue weighted by Crippen LogP contribution is 2.21. The van der Waals surface area contributed by atoms with Gasteiger partial charge < -0.3 is 10.3 Å². The highest BCUT2D eigenvalue weighted by atomic mass is 16.2. The fourth-order valence-corrected chi connectivity index (χ4v) is 2.84. The lowest BCUT2D eigenvalue weighted by Gasteiger charge is -2.34. The van der Waals surface area contributed by atoms with Crippen molar-refractivity contribution in [3.05, 3.63) is 68.0 Å². The molecule has 1 amide bonds. The topological polar surface area (TPSA) is 98.1 Å². The molecule has 3 rings (SSSR count). The summed E-state index contributed by atoms with van der Waals surface area (Å²) in [5.74, 6) is -0.458. The van der Waals surface area contributed by atoms with Crippen LogP contribution in [-0.2, 0) is 13.0 Å². The smallest absolute Gasteiger partial charge is 0.326 e. The summed E-state index contributed by atoms with van der Waals surface area (Å²) in [4.78, 5) is 41.1. The minimum Gasteiger partial charge on any atom is -0.349 e. The summed E-state index contributed by atoms with van der Waals surface area (Å²) in [5, 5.41) is 2.78. The molecule has 3 N–H and O–H groups in total. The molecule has 1 unspecified atom stereocenters. The first-order valence-electron chi connectivity index (χ1n) is 7.42. The highest BCUT2D eigenvalue weighted by Gasteiger charge is 2.23. The van der Waals surface area contributed by atoms with Crippen molar-refractivity contribution in [3.63, 3.8) is 0 Å². The fourth-order valence-electron chi connectivity index (χ4n) is 2.84. The van der Waals surface area contributed by atoms with Crippen molar-refractivity contribution in [3.8, 4) is 0 Å². The molecule has 2 aromatic rings. The number of rotatable bonds is 3. The zero-order chi connectivity index (χ0) is 16.4. The van der Waals surface area contributed by atoms with Gasteiger partial charge in [0.2, 0.25) is 0 Å². The van der Waals surface area contributed by atoms with E-state index in [0.29, 0.717) is 6.54 Å². The van der Waals surface area contributed by atoms with Crippen molar-refractivity contribution in [2.45, 2.75) is 19.0 Å². The van der Waals surface area contributed by atoms with Crippen LogP contribution < -0.4 is 16.6 Å². The van der Waals surface area contributed by atoms with Gasteiger partial charge in [-0.2, -0.15) is 0 Å². The minimum absolute atomic E-state index is 0.0300. The highest BCUT2D eigenvalue weighted by molar-refractivity contribution is 5.92. The van der Waals surface area contributed by atoms with E-state index in [-0.39, 0.29) is 11.7 Å². The van der Waals surface area contributed by atoms with Crippen molar-refractivity contribution in [2.75, 3.05) is 13.6 Å². The van der Waals surface area contributed by atoms with Crippen LogP contribution in [0, 0.1) is 0 Å². The maximum atomic E-state index is 12.1. The normalized spacial score (nSPS) is 17.5. The maximum absolute atomic E-state index is 12.1. The van der Waals surface area contributed by atoms with E-state index in [0.717, 1.165) is 19.0 Å². The number of aromatic amines is 2. The number of benzene rings is 1. The standard InChI is InChI=1S/C16H18N4O3/c1-20-9-11-5-3-2-4-10(11)6-12(20)8-17-15(22)13-7-14(21)19-16(23)18-13/h2-5,7,12H,6,8-9H2,1H3,(H,17,22)(H2,18,19,21,23). The van der Waals surface area contributed by atoms with Crippen LogP contribution in [0.25, 0.3) is 0 Å². The molecule has 7 heteroatoms. The first kappa shape index (κ1) is 15.2. The molecule has 1 aromatic heterocycles. The number of likely N-dealkylation sites (N-methyl/N-ethyl adjacent to an activating group) is 1. The number of carbonyl (C=O) groups is 1. The van der Waals surface area contributed by atoms with E-state index >= 15 is 0 Å². The fraction of sp³-hybridized carbons (Fsp3) is 0.312. The van der Waals surface area contributed by atoms with Crippen LogP contribution in [0.1, 0.15) is 21.6 Å². The molecule has 0 spiro atoms. The SMILES string of the molecule is CN1Cc2ccccc2CC1CNC(=O)c1cc(=O)[nH]c(=O)[nH]1. The minimum atomic E-state index is -0.689. The Bertz CT molecular complexity index is 811. The van der Waals surface area contributed by atoms with Gasteiger partial charge in [0.1, 0.15) is 5.69 Å². The molecular weight excluding hydrogens is 296 g/mol. The second-order valence-corrected chi connectivity index (χ2v) is 5.75. The summed E-state index contributed by atoms with van der Waals surface area (Å²) in [6.45, 7) is 1.27. The monoisotopic (exact) mass is 314 g/mol. The number of hydrogen-bond donors (Lipinski definition) is 3. The van der Waals surface area contributed by atoms with Gasteiger partial charge in [-0.15, -0.1) is 0 Å². The van der Waals surface area contributed by atoms with Gasteiger partial charge in [0.25, 0.3) is 11.5 Å². The third-order valence-corrected chi connectivity index (χ3v) is 4.12. The number of amides is 1. The summed E-state index contributed by atoms with van der Waals surface area (Å²) < 4.78 is 0. The molecule has 1 aliphatic heterocycles. The Balaban J connectivity index is 1.67. The van der Waals surface area contributed by atoms with Crippen LogP contribution in [-0.4, -0.2) is 40.4 Å². The molecule has 0 aliphatic carbocycles. The van der Waals surface area contributed by atoms with E-state index in [2.05, 4.69) is 27.3 Å². The third kappa shape index (κ3) is 3.40. The summed E-state index contributed by atoms with van der Waals surface area (Å²) in [6.07, 6.45) is 0.846. The second-order valence-electron chi connectivity index (χ2n) is 5.75. The van der Waals surface area contributed by atoms with Crippen LogP contribution >= 0.6 is 0 Å². The Morgan fingerprint density at radius 1 is 1.26 bits per heavy atom. The number of H-pyrrole nitrogens is 2. The number of aromatic nitrogens is 2. The molecule has 0 radical (unpaired) electrons. The van der Waals surface area contributed by atoms with Gasteiger partial charge in [-0.25, -0.2) is 4.79 Å². The second kappa shape index (κ2) is 6.21. The Labute approximate surface area is 132 Å². The Morgan fingerprint density at radius 2 is 2.00 bits per heavy atom. The summed E-state index contributed by atoms with van der Waals surface area (Å²) in [5.41, 5.74) is 1.28. The average Bonchev–Trinajstić information content (AvgIpc) is 2.51. The lowest BCUT2D eigenvalue weighted by molar-refractivity contribution is 0.0929. The van der Waals surface area contributed by atoms with Crippen LogP contribution in [0.15, 0.2) is 39.9 Å². The van der Waals surface area contributed by atoms with Gasteiger partial charge in [-0.05, 0) is 24.6 Å². The van der Waals surface area contributed by atoms with Crippen molar-refractivity contribution < 1.29 is 4.79 Å². The van der Waals surface area contributed by atoms with Crippen LogP contribution in [0.2, 0.25) is 0 Å². The van der Waals surface area contributed by atoms with E-state index in [1.54, 1.807) is 0 Å². The molecule has 0 bridgehead atoms. The maximum Gasteiger partial charge on any atom is 0.326 e. The molecule has 1 aromatic carbocycles. The molecule has 120 valence electrons. The molecule has 2 heterocycles. The first-order valence-corrected chi connectivity index (χ1v) is 7.42. The first-order chi connectivity index (χ1) is 11.0. The molecule has 7 nitrogen and oxygen atoms in total. The van der Waals surface area contributed by atoms with Crippen LogP contribution in [0.4, 0.5) is 0 Å². The summed E-state index contributed by atoms with van der Waals surface area (Å²) in [7, 11) is 2.02. The van der Waals surface area contributed by atoms with Crippen molar-refractivity contribution in [1.82, 2.24) is 20.2 Å². The lowest BCUT2D eigenvalue weighted by atomic mass is 9.94. The molecule has 1 atom stereocenters. The molecule has 23 heavy (non-hydrogen) atoms. The van der Waals surface area contributed by atoms with Crippen molar-refractivity contribution in [1.29, 1.82) is 0 Å². The number of fused-ring (bicyclic) bond motifs is 1. The predicted octanol–water partition coefficient (Wildman–Crippen LogP) is -0.150. The quantitative estimate of drug-likeness (QED) is 0.734. The van der Waals surface area contributed by atoms with Gasteiger partial charge in [-0.3, -0.25) is 19.5 Å². The number of nitrogens with one attached hydrogen (secondary N) is 3. The lowest BCUT2D eigenvalue weighted by Crippen LogP contribution is -2.46. The molecular formula is C16H18N4O3. The predicted molar refractivity (Wildman–Crippen MR) is 85.4 cm³/mol. The molecule has 0 saturated heterocycles. The van der Waals surface area contributed by atoms with Gasteiger partial charge in [0.15, 0.2) is 0 Å². The average molecular weight is 314 g/mol. The van der Waals surface area contributed by atoms with Crippen LogP contribution in [0.3, 0.4) is 0 Å². The van der Waals surface area contributed by atoms with Gasteiger partial charge >= 0.3 is 5.69 Å². The van der Waals surface area contributed by atoms with Gasteiger partial charge in [-0.1, -0.05) is 24.3 Å². The zero-order valence-corrected chi connectivity index (χ0v) is 12.8. The van der Waals surface area contributed by atoms with E-state index in [9.17, 15) is 14.4 Å². The van der Waals surface area contributed by atoms with Crippen molar-refractivity contribution >= 4 is 5.91 Å². The van der Waals surface area contributed by atoms with Crippen LogP contribution in [0.5, 0.6) is 0 Å². The van der Waals surface area contributed by atoms with E-state index in [1.807, 2.05) is 24.2 Å². The van der Waals surface area contributed by atoms with E-state index in [1.165, 1.54) is 11.1 Å². The number of hydrogen-bond acceptors (Lipinski definition) is 4. The largest absolute Gasteiger partial charge is 0.349 e. The summed E-state index contributed by atoms with van der Waals surface area (Å²) >= 11 is 0. The Hall–Kier alpha value is -2.67. The molecule has 0 fully saturated rings. The Morgan fingerprint density at radius 3 is 2.74 bits per heavy atom. The van der Waals surface area contributed by atoms with E-state index in [4.69, 9.17) is 0 Å². The molecule has 1 aliphatic rings. The van der Waals surface area contributed by atoms with E-state index < -0.39 is 17.2 Å². The van der Waals surface area contributed by atoms with Gasteiger partial charge in [0.05, 0.1) is 0 Å². The number of carbonyl (C=O) groups excluding carboxylic acids is 1. The summed E-state index contributed by atoms with van der Waals surface area (Å²) in [6, 6.07) is 9.50. The molecule has 0 saturated carbocycles. The van der Waals surface area contributed by atoms with Gasteiger partial charge in [0, 0.05) is 25.2 Å². The van der Waals surface area contributed by atoms with Crippen molar-refractivity contribution in [2.24, 2.45) is 0 Å². The Kier molecular flexibility index (Phi) is 4.12.